The molecule has 158 valence electrons. The summed E-state index contributed by atoms with van der Waals surface area (Å²) in [4.78, 5) is 23.5. The zero-order valence-electron chi connectivity index (χ0n) is 14.9. The van der Waals surface area contributed by atoms with Crippen LogP contribution in [0.4, 0.5) is 8.78 Å². The van der Waals surface area contributed by atoms with Crippen molar-refractivity contribution in [3.8, 4) is 0 Å². The zero-order valence-corrected chi connectivity index (χ0v) is 14.9. The number of ether oxygens (including phenoxy) is 1. The van der Waals surface area contributed by atoms with Crippen molar-refractivity contribution in [2.45, 2.75) is 56.3 Å². The number of amides is 1. The largest absolute Gasteiger partial charge is 0.477 e. The first kappa shape index (κ1) is 22.0. The van der Waals surface area contributed by atoms with Gasteiger partial charge in [0.15, 0.2) is 6.17 Å². The number of aliphatic carboxylic acids is 1. The Bertz CT molecular complexity index is 694. The number of aliphatic hydroxyl groups excluding tert-OH is 3. The van der Waals surface area contributed by atoms with E-state index in [1.54, 1.807) is 0 Å². The van der Waals surface area contributed by atoms with Gasteiger partial charge in [0, 0.05) is 5.92 Å². The number of hydrogen-bond acceptors (Lipinski definition) is 9. The van der Waals surface area contributed by atoms with Crippen molar-refractivity contribution < 1.29 is 43.5 Å². The molecule has 1 fully saturated rings. The number of aromatic nitrogens is 4. The molecule has 0 saturated carbocycles. The molecule has 2 unspecified atom stereocenters. The lowest BCUT2D eigenvalue weighted by Crippen LogP contribution is -2.69. The topological polar surface area (TPSA) is 180 Å². The predicted octanol–water partition coefficient (Wildman–Crippen LogP) is -2.44. The summed E-state index contributed by atoms with van der Waals surface area (Å²) in [6.07, 6.45) is -7.98. The lowest BCUT2D eigenvalue weighted by molar-refractivity contribution is -0.283. The number of tetrazole rings is 1. The van der Waals surface area contributed by atoms with Gasteiger partial charge in [-0.3, -0.25) is 4.79 Å². The highest BCUT2D eigenvalue weighted by molar-refractivity contribution is 5.79. The van der Waals surface area contributed by atoms with E-state index in [1.165, 1.54) is 13.8 Å². The number of alkyl halides is 2. The number of carbonyl (C=O) groups is 2. The fraction of sp³-hybridized carbons (Fsp3) is 0.786. The Kier molecular flexibility index (Phi) is 6.59. The molecule has 12 nitrogen and oxygen atoms in total. The molecule has 7 atom stereocenters. The molecular weight excluding hydrogens is 388 g/mol. The number of hydrogen-bond donors (Lipinski definition) is 5. The monoisotopic (exact) mass is 409 g/mol. The smallest absolute Gasteiger partial charge is 0.372 e. The third kappa shape index (κ3) is 3.94. The van der Waals surface area contributed by atoms with Crippen molar-refractivity contribution in [2.24, 2.45) is 5.92 Å². The van der Waals surface area contributed by atoms with Gasteiger partial charge < -0.3 is 30.5 Å². The molecule has 1 aliphatic rings. The summed E-state index contributed by atoms with van der Waals surface area (Å²) in [5, 5.41) is 50.5. The van der Waals surface area contributed by atoms with Crippen LogP contribution in [0.25, 0.3) is 0 Å². The van der Waals surface area contributed by atoms with Crippen LogP contribution in [0.3, 0.4) is 0 Å². The minimum atomic E-state index is -3.95. The number of aliphatic hydroxyl groups is 3. The van der Waals surface area contributed by atoms with Crippen LogP contribution in [0.1, 0.15) is 19.9 Å². The van der Waals surface area contributed by atoms with Crippen LogP contribution in [0.5, 0.6) is 0 Å². The van der Waals surface area contributed by atoms with Gasteiger partial charge in [-0.25, -0.2) is 13.9 Å². The lowest BCUT2D eigenvalue weighted by Gasteiger charge is -2.46. The highest BCUT2D eigenvalue weighted by Crippen LogP contribution is 2.41. The molecule has 1 saturated heterocycles. The van der Waals surface area contributed by atoms with Crippen molar-refractivity contribution in [3.63, 3.8) is 0 Å². The Labute approximate surface area is 157 Å². The van der Waals surface area contributed by atoms with Crippen molar-refractivity contribution in [3.05, 3.63) is 6.33 Å². The molecule has 2 rings (SSSR count). The average Bonchev–Trinajstić information content (AvgIpc) is 3.17. The third-order valence-electron chi connectivity index (χ3n) is 4.40. The third-order valence-corrected chi connectivity index (χ3v) is 4.40. The first-order valence-electron chi connectivity index (χ1n) is 8.28. The van der Waals surface area contributed by atoms with Crippen LogP contribution >= 0.6 is 0 Å². The van der Waals surface area contributed by atoms with Gasteiger partial charge in [-0.2, -0.15) is 4.39 Å². The lowest BCUT2D eigenvalue weighted by atomic mass is 9.85. The molecule has 14 heteroatoms. The SMILES string of the molecule is CC(C)C(=O)N[C@H]1[C@H]([C@H](O)[C@H](O)CO)OC(F)(C(=O)O)C(F)[C@@H]1n1cnnn1. The molecule has 1 aromatic heterocycles. The fourth-order valence-electron chi connectivity index (χ4n) is 2.81. The Balaban J connectivity index is 2.57. The van der Waals surface area contributed by atoms with Crippen LogP contribution in [0.2, 0.25) is 0 Å². The Morgan fingerprint density at radius 3 is 2.50 bits per heavy atom. The number of carboxylic acids is 1. The van der Waals surface area contributed by atoms with E-state index in [1.807, 2.05) is 0 Å². The maximum Gasteiger partial charge on any atom is 0.372 e. The van der Waals surface area contributed by atoms with Crippen LogP contribution in [-0.2, 0) is 14.3 Å². The molecule has 5 N–H and O–H groups in total. The Morgan fingerprint density at radius 1 is 1.39 bits per heavy atom. The highest BCUT2D eigenvalue weighted by atomic mass is 19.2. The van der Waals surface area contributed by atoms with Crippen LogP contribution < -0.4 is 5.32 Å². The molecule has 1 aromatic rings. The van der Waals surface area contributed by atoms with E-state index in [9.17, 15) is 28.6 Å². The number of carboxylic acid groups (broad SMARTS) is 1. The second-order valence-corrected chi connectivity index (χ2v) is 6.64. The summed E-state index contributed by atoms with van der Waals surface area (Å²) in [7, 11) is 0. The van der Waals surface area contributed by atoms with Gasteiger partial charge >= 0.3 is 11.8 Å². The first-order chi connectivity index (χ1) is 13.0. The summed E-state index contributed by atoms with van der Waals surface area (Å²) >= 11 is 0. The van der Waals surface area contributed by atoms with E-state index in [0.717, 1.165) is 6.33 Å². The number of nitrogens with one attached hydrogen (secondary N) is 1. The van der Waals surface area contributed by atoms with Gasteiger partial charge in [0.05, 0.1) is 12.6 Å². The van der Waals surface area contributed by atoms with Crippen LogP contribution in [0, 0.1) is 5.92 Å². The van der Waals surface area contributed by atoms with Gasteiger partial charge in [0.1, 0.15) is 30.7 Å². The van der Waals surface area contributed by atoms with Gasteiger partial charge in [0.2, 0.25) is 5.91 Å². The molecule has 0 bridgehead atoms. The Morgan fingerprint density at radius 2 is 2.04 bits per heavy atom. The number of nitrogens with zero attached hydrogens (tertiary/aromatic N) is 4. The van der Waals surface area contributed by atoms with Gasteiger partial charge in [0.25, 0.3) is 0 Å². The maximum atomic E-state index is 15.0. The molecule has 0 spiro atoms. The first-order valence-corrected chi connectivity index (χ1v) is 8.28. The van der Waals surface area contributed by atoms with Crippen LogP contribution in [0.15, 0.2) is 6.33 Å². The van der Waals surface area contributed by atoms with E-state index in [4.69, 9.17) is 14.9 Å². The van der Waals surface area contributed by atoms with Crippen LogP contribution in [-0.4, -0.2) is 95.5 Å². The van der Waals surface area contributed by atoms with E-state index in [2.05, 4.69) is 20.8 Å². The summed E-state index contributed by atoms with van der Waals surface area (Å²) in [6.45, 7) is 2.01. The van der Waals surface area contributed by atoms with Crippen molar-refractivity contribution in [1.29, 1.82) is 0 Å². The standard InChI is InChI=1S/C14H21F2N5O7/c1-5(2)12(25)18-7-8(21-4-17-19-20-21)11(15)14(16,13(26)27)28-10(7)9(24)6(23)3-22/h4-11,22-24H,3H2,1-2H3,(H,18,25)(H,26,27)/t6-,7-,8-,9-,10-,11?,14?/m1/s1. The molecule has 1 amide bonds. The second kappa shape index (κ2) is 8.38. The maximum absolute atomic E-state index is 15.0. The van der Waals surface area contributed by atoms with Gasteiger partial charge in [-0.15, -0.1) is 5.10 Å². The summed E-state index contributed by atoms with van der Waals surface area (Å²) in [5.74, 6) is -7.56. The quantitative estimate of drug-likeness (QED) is 0.324. The predicted molar refractivity (Wildman–Crippen MR) is 84.0 cm³/mol. The van der Waals surface area contributed by atoms with Crippen molar-refractivity contribution in [1.82, 2.24) is 25.5 Å². The van der Waals surface area contributed by atoms with E-state index in [-0.39, 0.29) is 0 Å². The molecular formula is C14H21F2N5O7. The average molecular weight is 409 g/mol. The molecule has 0 aromatic carbocycles. The second-order valence-electron chi connectivity index (χ2n) is 6.64. The number of carbonyl (C=O) groups excluding carboxylic acids is 1. The van der Waals surface area contributed by atoms with E-state index < -0.39 is 66.8 Å². The number of rotatable bonds is 7. The summed E-state index contributed by atoms with van der Waals surface area (Å²) in [6, 6.07) is -3.44. The van der Waals surface area contributed by atoms with Crippen molar-refractivity contribution in [2.75, 3.05) is 6.61 Å². The minimum Gasteiger partial charge on any atom is -0.477 e. The molecule has 0 radical (unpaired) electrons. The van der Waals surface area contributed by atoms with E-state index >= 15 is 0 Å². The minimum absolute atomic E-state index is 0.621. The fourth-order valence-corrected chi connectivity index (χ4v) is 2.81. The molecule has 2 heterocycles. The molecule has 1 aliphatic heterocycles. The normalized spacial score (nSPS) is 32.7. The highest BCUT2D eigenvalue weighted by Gasteiger charge is 2.64. The van der Waals surface area contributed by atoms with E-state index in [0.29, 0.717) is 4.68 Å². The Hall–Kier alpha value is -2.29. The summed E-state index contributed by atoms with van der Waals surface area (Å²) < 4.78 is 35.3. The summed E-state index contributed by atoms with van der Waals surface area (Å²) in [5.41, 5.74) is 0. The zero-order chi connectivity index (χ0) is 21.2. The number of halogens is 2. The molecule has 0 aliphatic carbocycles. The molecule has 28 heavy (non-hydrogen) atoms. The van der Waals surface area contributed by atoms with Gasteiger partial charge in [-0.1, -0.05) is 13.8 Å². The van der Waals surface area contributed by atoms with Crippen molar-refractivity contribution >= 4 is 11.9 Å². The van der Waals surface area contributed by atoms with Gasteiger partial charge in [-0.05, 0) is 10.4 Å².